The topological polar surface area (TPSA) is 56.8 Å². The van der Waals surface area contributed by atoms with Crippen LogP contribution in [0.5, 0.6) is 5.75 Å². The van der Waals surface area contributed by atoms with Crippen LogP contribution in [-0.4, -0.2) is 6.61 Å². The van der Waals surface area contributed by atoms with Crippen LogP contribution in [0.4, 0.5) is 0 Å². The van der Waals surface area contributed by atoms with Crippen LogP contribution in [0.1, 0.15) is 82.3 Å². The lowest BCUT2D eigenvalue weighted by Gasteiger charge is -2.37. The van der Waals surface area contributed by atoms with E-state index in [1.165, 1.54) is 64.2 Å². The minimum absolute atomic E-state index is 0.400. The van der Waals surface area contributed by atoms with Gasteiger partial charge < -0.3 is 4.74 Å². The molecule has 0 bridgehead atoms. The van der Waals surface area contributed by atoms with Crippen molar-refractivity contribution >= 4 is 0 Å². The molecule has 0 amide bonds. The molecule has 0 unspecified atom stereocenters. The van der Waals surface area contributed by atoms with Crippen LogP contribution in [0.3, 0.4) is 0 Å². The molecule has 1 aromatic carbocycles. The number of ether oxygens (including phenoxy) is 1. The van der Waals surface area contributed by atoms with Gasteiger partial charge in [-0.05, 0) is 80.4 Å². The van der Waals surface area contributed by atoms with Crippen molar-refractivity contribution in [3.63, 3.8) is 0 Å². The lowest BCUT2D eigenvalue weighted by molar-refractivity contribution is 0.122. The molecule has 2 saturated carbocycles. The quantitative estimate of drug-likeness (QED) is 0.602. The molecule has 3 nitrogen and oxygen atoms in total. The van der Waals surface area contributed by atoms with E-state index in [1.807, 2.05) is 6.07 Å². The highest BCUT2D eigenvalue weighted by Crippen LogP contribution is 2.42. The number of nitrogens with zero attached hydrogens (tertiary/aromatic N) is 2. The Bertz CT molecular complexity index is 683. The van der Waals surface area contributed by atoms with Crippen molar-refractivity contribution in [1.29, 1.82) is 10.5 Å². The van der Waals surface area contributed by atoms with E-state index in [2.05, 4.69) is 13.0 Å². The fourth-order valence-corrected chi connectivity index (χ4v) is 5.20. The predicted molar refractivity (Wildman–Crippen MR) is 107 cm³/mol. The van der Waals surface area contributed by atoms with E-state index in [9.17, 15) is 0 Å². The standard InChI is InChI=1S/C24H32N2O/c1-2-3-18-4-8-20(9-5-18)21-10-6-19(7-11-21)17-27-24-13-12-22(15-25)23(14-24)16-26/h12-14,18-21H,2-11,17H2,1H3. The fourth-order valence-electron chi connectivity index (χ4n) is 5.20. The maximum Gasteiger partial charge on any atom is 0.120 e. The van der Waals surface area contributed by atoms with Gasteiger partial charge >= 0.3 is 0 Å². The molecule has 0 atom stereocenters. The van der Waals surface area contributed by atoms with Gasteiger partial charge in [-0.15, -0.1) is 0 Å². The van der Waals surface area contributed by atoms with E-state index in [0.717, 1.165) is 24.4 Å². The van der Waals surface area contributed by atoms with Crippen molar-refractivity contribution in [3.8, 4) is 17.9 Å². The van der Waals surface area contributed by atoms with Crippen LogP contribution in [0.25, 0.3) is 0 Å². The van der Waals surface area contributed by atoms with Gasteiger partial charge in [-0.1, -0.05) is 32.6 Å². The van der Waals surface area contributed by atoms with Crippen molar-refractivity contribution in [2.24, 2.45) is 23.7 Å². The molecule has 2 aliphatic rings. The van der Waals surface area contributed by atoms with Gasteiger partial charge in [0.15, 0.2) is 0 Å². The molecule has 0 saturated heterocycles. The molecule has 27 heavy (non-hydrogen) atoms. The number of hydrogen-bond acceptors (Lipinski definition) is 3. The molecule has 0 radical (unpaired) electrons. The lowest BCUT2D eigenvalue weighted by Crippen LogP contribution is -2.27. The normalized spacial score (nSPS) is 28.1. The lowest BCUT2D eigenvalue weighted by atomic mass is 9.69. The molecular weight excluding hydrogens is 332 g/mol. The molecular formula is C24H32N2O. The smallest absolute Gasteiger partial charge is 0.120 e. The van der Waals surface area contributed by atoms with Gasteiger partial charge in [0.25, 0.3) is 0 Å². The summed E-state index contributed by atoms with van der Waals surface area (Å²) in [4.78, 5) is 0. The van der Waals surface area contributed by atoms with Crippen LogP contribution in [0, 0.1) is 46.3 Å². The largest absolute Gasteiger partial charge is 0.493 e. The van der Waals surface area contributed by atoms with Crippen molar-refractivity contribution in [2.75, 3.05) is 6.61 Å². The van der Waals surface area contributed by atoms with E-state index >= 15 is 0 Å². The van der Waals surface area contributed by atoms with E-state index in [-0.39, 0.29) is 0 Å². The summed E-state index contributed by atoms with van der Waals surface area (Å²) in [6.07, 6.45) is 13.8. The van der Waals surface area contributed by atoms with Crippen molar-refractivity contribution in [3.05, 3.63) is 29.3 Å². The molecule has 2 fully saturated rings. The average Bonchev–Trinajstić information content (AvgIpc) is 2.73. The highest BCUT2D eigenvalue weighted by molar-refractivity contribution is 5.49. The third kappa shape index (κ3) is 5.26. The Morgan fingerprint density at radius 1 is 0.852 bits per heavy atom. The van der Waals surface area contributed by atoms with Crippen LogP contribution >= 0.6 is 0 Å². The molecule has 0 spiro atoms. The number of nitriles is 2. The van der Waals surface area contributed by atoms with Crippen molar-refractivity contribution < 1.29 is 4.74 Å². The summed E-state index contributed by atoms with van der Waals surface area (Å²) in [6, 6.07) is 9.30. The molecule has 2 aliphatic carbocycles. The number of benzene rings is 1. The summed E-state index contributed by atoms with van der Waals surface area (Å²) in [6.45, 7) is 3.04. The Kier molecular flexibility index (Phi) is 7.17. The van der Waals surface area contributed by atoms with Crippen LogP contribution in [-0.2, 0) is 0 Å². The summed E-state index contributed by atoms with van der Waals surface area (Å²) >= 11 is 0. The van der Waals surface area contributed by atoms with E-state index < -0.39 is 0 Å². The summed E-state index contributed by atoms with van der Waals surface area (Å²) < 4.78 is 5.95. The van der Waals surface area contributed by atoms with Crippen molar-refractivity contribution in [2.45, 2.75) is 71.1 Å². The third-order valence-corrected chi connectivity index (χ3v) is 6.86. The highest BCUT2D eigenvalue weighted by Gasteiger charge is 2.30. The SMILES string of the molecule is CCCC1CCC(C2CCC(COc3ccc(C#N)c(C#N)c3)CC2)CC1. The highest BCUT2D eigenvalue weighted by atomic mass is 16.5. The van der Waals surface area contributed by atoms with E-state index in [0.29, 0.717) is 22.8 Å². The van der Waals surface area contributed by atoms with Crippen LogP contribution in [0.2, 0.25) is 0 Å². The summed E-state index contributed by atoms with van der Waals surface area (Å²) in [5, 5.41) is 18.1. The van der Waals surface area contributed by atoms with Crippen LogP contribution < -0.4 is 4.74 Å². The minimum Gasteiger partial charge on any atom is -0.493 e. The second kappa shape index (κ2) is 9.80. The van der Waals surface area contributed by atoms with Gasteiger partial charge in [-0.25, -0.2) is 0 Å². The Labute approximate surface area is 164 Å². The summed E-state index contributed by atoms with van der Waals surface area (Å²) in [7, 11) is 0. The van der Waals surface area contributed by atoms with Crippen molar-refractivity contribution in [1.82, 2.24) is 0 Å². The summed E-state index contributed by atoms with van der Waals surface area (Å²) in [5.41, 5.74) is 0.816. The van der Waals surface area contributed by atoms with Gasteiger partial charge in [-0.3, -0.25) is 0 Å². The Morgan fingerprint density at radius 2 is 1.44 bits per heavy atom. The molecule has 0 N–H and O–H groups in total. The Balaban J connectivity index is 1.41. The molecule has 0 aromatic heterocycles. The number of hydrogen-bond donors (Lipinski definition) is 0. The van der Waals surface area contributed by atoms with Gasteiger partial charge in [0.1, 0.15) is 17.9 Å². The maximum absolute atomic E-state index is 9.13. The second-order valence-corrected chi connectivity index (χ2v) is 8.59. The predicted octanol–water partition coefficient (Wildman–Crippen LogP) is 6.22. The summed E-state index contributed by atoms with van der Waals surface area (Å²) in [5.74, 6) is 4.24. The molecule has 1 aromatic rings. The molecule has 0 aliphatic heterocycles. The first-order valence-electron chi connectivity index (χ1n) is 10.8. The Morgan fingerprint density at radius 3 is 2.00 bits per heavy atom. The monoisotopic (exact) mass is 364 g/mol. The fraction of sp³-hybridized carbons (Fsp3) is 0.667. The van der Waals surface area contributed by atoms with Gasteiger partial charge in [0.2, 0.25) is 0 Å². The van der Waals surface area contributed by atoms with Gasteiger partial charge in [0, 0.05) is 0 Å². The average molecular weight is 365 g/mol. The molecule has 3 rings (SSSR count). The first-order chi connectivity index (χ1) is 13.2. The number of rotatable bonds is 6. The molecule has 144 valence electrons. The maximum atomic E-state index is 9.13. The van der Waals surface area contributed by atoms with E-state index in [4.69, 9.17) is 15.3 Å². The zero-order valence-corrected chi connectivity index (χ0v) is 16.6. The second-order valence-electron chi connectivity index (χ2n) is 8.59. The minimum atomic E-state index is 0.400. The third-order valence-electron chi connectivity index (χ3n) is 6.86. The van der Waals surface area contributed by atoms with E-state index in [1.54, 1.807) is 18.2 Å². The van der Waals surface area contributed by atoms with Gasteiger partial charge in [-0.2, -0.15) is 10.5 Å². The molecule has 3 heteroatoms. The first-order valence-corrected chi connectivity index (χ1v) is 10.8. The van der Waals surface area contributed by atoms with Gasteiger partial charge in [0.05, 0.1) is 17.7 Å². The molecule has 0 heterocycles. The zero-order valence-electron chi connectivity index (χ0n) is 16.6. The first kappa shape index (κ1) is 19.8. The van der Waals surface area contributed by atoms with Crippen LogP contribution in [0.15, 0.2) is 18.2 Å². The Hall–Kier alpha value is -2.00. The zero-order chi connectivity index (χ0) is 19.1.